The Labute approximate surface area is 192 Å². The molecule has 3 aliphatic rings. The molecule has 0 spiro atoms. The Kier molecular flexibility index (Phi) is 5.93. The van der Waals surface area contributed by atoms with Crippen LogP contribution in [-0.4, -0.2) is 62.3 Å². The van der Waals surface area contributed by atoms with Crippen molar-refractivity contribution in [3.05, 3.63) is 53.8 Å². The van der Waals surface area contributed by atoms with E-state index in [-0.39, 0.29) is 18.5 Å². The third kappa shape index (κ3) is 4.27. The molecule has 0 saturated carbocycles. The van der Waals surface area contributed by atoms with Gasteiger partial charge in [-0.15, -0.1) is 0 Å². The smallest absolute Gasteiger partial charge is 0.304 e. The molecular formula is C25H28FN3O4. The number of carbonyl (C=O) groups is 2. The largest absolute Gasteiger partial charge is 0.494 e. The molecule has 2 aromatic rings. The molecule has 174 valence electrons. The topological polar surface area (TPSA) is 62.3 Å². The molecule has 3 heterocycles. The van der Waals surface area contributed by atoms with Crippen LogP contribution in [0.3, 0.4) is 0 Å². The number of nitrogens with zero attached hydrogens (tertiary/aromatic N) is 3. The Morgan fingerprint density at radius 3 is 2.79 bits per heavy atom. The molecule has 0 aliphatic carbocycles. The lowest BCUT2D eigenvalue weighted by molar-refractivity contribution is -0.141. The monoisotopic (exact) mass is 453 g/mol. The van der Waals surface area contributed by atoms with E-state index < -0.39 is 5.97 Å². The summed E-state index contributed by atoms with van der Waals surface area (Å²) in [5, 5.41) is 0. The van der Waals surface area contributed by atoms with Crippen LogP contribution in [0.1, 0.15) is 31.2 Å². The average Bonchev–Trinajstić information content (AvgIpc) is 3.11. The molecule has 0 unspecified atom stereocenters. The van der Waals surface area contributed by atoms with Crippen LogP contribution in [0.4, 0.5) is 15.8 Å². The third-order valence-electron chi connectivity index (χ3n) is 6.79. The first kappa shape index (κ1) is 21.7. The minimum absolute atomic E-state index is 0.0399. The van der Waals surface area contributed by atoms with Crippen molar-refractivity contribution in [2.24, 2.45) is 0 Å². The number of piperidine rings is 1. The minimum atomic E-state index is -0.398. The number of halogens is 1. The summed E-state index contributed by atoms with van der Waals surface area (Å²) in [6.07, 6.45) is 1.88. The minimum Gasteiger partial charge on any atom is -0.494 e. The predicted octanol–water partition coefficient (Wildman–Crippen LogP) is 3.14. The van der Waals surface area contributed by atoms with Gasteiger partial charge in [-0.05, 0) is 48.7 Å². The summed E-state index contributed by atoms with van der Waals surface area (Å²) in [6, 6.07) is 12.5. The number of amides is 1. The van der Waals surface area contributed by atoms with Gasteiger partial charge in [0.15, 0.2) is 6.73 Å². The SMILES string of the molecule is CC(=O)OCN1C(=O)CN2c3c(cccc31)[C@@H]1CN(CCCOc3ccc(F)cc3)CC[C@@H]12. The van der Waals surface area contributed by atoms with Crippen LogP contribution in [0, 0.1) is 5.82 Å². The van der Waals surface area contributed by atoms with Crippen molar-refractivity contribution in [2.75, 3.05) is 49.3 Å². The van der Waals surface area contributed by atoms with Crippen LogP contribution in [0.25, 0.3) is 0 Å². The van der Waals surface area contributed by atoms with Gasteiger partial charge in [0.2, 0.25) is 5.91 Å². The Hall–Kier alpha value is -3.13. The number of para-hydroxylation sites is 1. The van der Waals surface area contributed by atoms with Gasteiger partial charge in [0.1, 0.15) is 11.6 Å². The first-order valence-electron chi connectivity index (χ1n) is 11.5. The lowest BCUT2D eigenvalue weighted by Gasteiger charge is -2.41. The van der Waals surface area contributed by atoms with E-state index in [1.165, 1.54) is 24.6 Å². The van der Waals surface area contributed by atoms with Crippen LogP contribution >= 0.6 is 0 Å². The number of benzene rings is 2. The van der Waals surface area contributed by atoms with E-state index in [4.69, 9.17) is 9.47 Å². The zero-order valence-corrected chi connectivity index (χ0v) is 18.7. The molecule has 0 bridgehead atoms. The molecule has 5 rings (SSSR count). The van der Waals surface area contributed by atoms with Crippen LogP contribution < -0.4 is 14.5 Å². The lowest BCUT2D eigenvalue weighted by atomic mass is 9.89. The maximum absolute atomic E-state index is 13.0. The second-order valence-corrected chi connectivity index (χ2v) is 8.85. The van der Waals surface area contributed by atoms with Crippen LogP contribution in [0.5, 0.6) is 5.75 Å². The quantitative estimate of drug-likeness (QED) is 0.474. The van der Waals surface area contributed by atoms with Crippen LogP contribution in [0.2, 0.25) is 0 Å². The number of carbonyl (C=O) groups excluding carboxylic acids is 2. The molecule has 2 atom stereocenters. The Balaban J connectivity index is 1.24. The zero-order valence-electron chi connectivity index (χ0n) is 18.7. The second kappa shape index (κ2) is 9.02. The summed E-state index contributed by atoms with van der Waals surface area (Å²) in [7, 11) is 0. The average molecular weight is 454 g/mol. The standard InChI is InChI=1S/C25H28FN3O4/c1-17(30)33-16-29-23-5-2-4-20-21-14-27(11-3-13-32-19-8-6-18(26)7-9-19)12-10-22(21)28(25(20)23)15-24(29)31/h2,4-9,21-22H,3,10-16H2,1H3/t21-,22-/m0/s1. The van der Waals surface area contributed by atoms with E-state index >= 15 is 0 Å². The van der Waals surface area contributed by atoms with Crippen molar-refractivity contribution in [3.63, 3.8) is 0 Å². The van der Waals surface area contributed by atoms with Gasteiger partial charge in [-0.1, -0.05) is 12.1 Å². The molecule has 7 nitrogen and oxygen atoms in total. The fourth-order valence-electron chi connectivity index (χ4n) is 5.30. The molecule has 1 fully saturated rings. The van der Waals surface area contributed by atoms with Crippen LogP contribution in [-0.2, 0) is 14.3 Å². The van der Waals surface area contributed by atoms with E-state index in [0.717, 1.165) is 43.9 Å². The van der Waals surface area contributed by atoms with E-state index in [1.54, 1.807) is 17.0 Å². The van der Waals surface area contributed by atoms with Gasteiger partial charge in [-0.2, -0.15) is 0 Å². The number of rotatable bonds is 7. The van der Waals surface area contributed by atoms with Crippen LogP contribution in [0.15, 0.2) is 42.5 Å². The van der Waals surface area contributed by atoms with E-state index in [9.17, 15) is 14.0 Å². The van der Waals surface area contributed by atoms with E-state index in [1.807, 2.05) is 12.1 Å². The first-order valence-corrected chi connectivity index (χ1v) is 11.5. The van der Waals surface area contributed by atoms with Gasteiger partial charge in [-0.3, -0.25) is 14.5 Å². The number of likely N-dealkylation sites (tertiary alicyclic amines) is 1. The molecule has 1 amide bonds. The lowest BCUT2D eigenvalue weighted by Crippen LogP contribution is -2.52. The van der Waals surface area contributed by atoms with Crippen molar-refractivity contribution >= 4 is 23.3 Å². The van der Waals surface area contributed by atoms with Gasteiger partial charge in [0.05, 0.1) is 24.5 Å². The maximum atomic E-state index is 13.0. The normalized spacial score (nSPS) is 21.6. The highest BCUT2D eigenvalue weighted by atomic mass is 19.1. The molecule has 33 heavy (non-hydrogen) atoms. The first-order chi connectivity index (χ1) is 16.0. The molecule has 0 N–H and O–H groups in total. The number of esters is 1. The Morgan fingerprint density at radius 1 is 1.18 bits per heavy atom. The fraction of sp³-hybridized carbons (Fsp3) is 0.440. The molecular weight excluding hydrogens is 425 g/mol. The van der Waals surface area contributed by atoms with Crippen molar-refractivity contribution < 1.29 is 23.5 Å². The zero-order chi connectivity index (χ0) is 22.9. The molecule has 1 saturated heterocycles. The van der Waals surface area contributed by atoms with Gasteiger partial charge in [0.25, 0.3) is 0 Å². The van der Waals surface area contributed by atoms with Crippen molar-refractivity contribution in [1.82, 2.24) is 4.90 Å². The number of hydrogen-bond donors (Lipinski definition) is 0. The Bertz CT molecular complexity index is 1040. The molecule has 0 aromatic heterocycles. The van der Waals surface area contributed by atoms with Gasteiger partial charge < -0.3 is 19.3 Å². The predicted molar refractivity (Wildman–Crippen MR) is 122 cm³/mol. The van der Waals surface area contributed by atoms with Gasteiger partial charge >= 0.3 is 5.97 Å². The summed E-state index contributed by atoms with van der Waals surface area (Å²) >= 11 is 0. The highest BCUT2D eigenvalue weighted by molar-refractivity contribution is 6.05. The summed E-state index contributed by atoms with van der Waals surface area (Å²) in [4.78, 5) is 30.5. The highest BCUT2D eigenvalue weighted by Crippen LogP contribution is 2.50. The highest BCUT2D eigenvalue weighted by Gasteiger charge is 2.46. The number of anilines is 2. The second-order valence-electron chi connectivity index (χ2n) is 8.85. The van der Waals surface area contributed by atoms with Crippen molar-refractivity contribution in [3.8, 4) is 5.75 Å². The molecule has 8 heteroatoms. The Morgan fingerprint density at radius 2 is 2.00 bits per heavy atom. The van der Waals surface area contributed by atoms with E-state index in [0.29, 0.717) is 30.9 Å². The third-order valence-corrected chi connectivity index (χ3v) is 6.79. The maximum Gasteiger partial charge on any atom is 0.304 e. The number of hydrogen-bond acceptors (Lipinski definition) is 6. The van der Waals surface area contributed by atoms with Gasteiger partial charge in [0, 0.05) is 38.5 Å². The van der Waals surface area contributed by atoms with Gasteiger partial charge in [-0.25, -0.2) is 4.39 Å². The molecule has 0 radical (unpaired) electrons. The summed E-state index contributed by atoms with van der Waals surface area (Å²) in [5.74, 6) is 0.324. The fourth-order valence-corrected chi connectivity index (χ4v) is 5.30. The number of ether oxygens (including phenoxy) is 2. The summed E-state index contributed by atoms with van der Waals surface area (Å²) in [6.45, 7) is 5.05. The van der Waals surface area contributed by atoms with E-state index in [2.05, 4.69) is 15.9 Å². The summed E-state index contributed by atoms with van der Waals surface area (Å²) in [5.41, 5.74) is 3.21. The summed E-state index contributed by atoms with van der Waals surface area (Å²) < 4.78 is 23.9. The van der Waals surface area contributed by atoms with Crippen molar-refractivity contribution in [2.45, 2.75) is 31.7 Å². The molecule has 2 aromatic carbocycles. The van der Waals surface area contributed by atoms with Crippen molar-refractivity contribution in [1.29, 1.82) is 0 Å². The number of fused-ring (bicyclic) bond motifs is 3. The molecule has 3 aliphatic heterocycles.